The smallest absolute Gasteiger partial charge is 0.278 e. The summed E-state index contributed by atoms with van der Waals surface area (Å²) in [6.07, 6.45) is 0. The summed E-state index contributed by atoms with van der Waals surface area (Å²) in [5, 5.41) is 9.55. The second-order valence-corrected chi connectivity index (χ2v) is 6.62. The van der Waals surface area contributed by atoms with E-state index in [4.69, 9.17) is 4.74 Å². The van der Waals surface area contributed by atoms with Crippen molar-refractivity contribution in [1.82, 2.24) is 24.5 Å². The number of ether oxygens (including phenoxy) is 1. The van der Waals surface area contributed by atoms with Crippen LogP contribution in [0.2, 0.25) is 0 Å². The maximum absolute atomic E-state index is 12.6. The molecule has 0 saturated carbocycles. The number of para-hydroxylation sites is 2. The van der Waals surface area contributed by atoms with E-state index in [0.717, 1.165) is 16.2 Å². The predicted octanol–water partition coefficient (Wildman–Crippen LogP) is 2.54. The number of nitrogens with zero attached hydrogens (tertiary/aromatic N) is 5. The van der Waals surface area contributed by atoms with Crippen molar-refractivity contribution < 1.29 is 4.74 Å². The zero-order chi connectivity index (χ0) is 17.9. The van der Waals surface area contributed by atoms with E-state index in [1.54, 1.807) is 19.2 Å². The molecule has 4 rings (SSSR count). The monoisotopic (exact) mass is 367 g/mol. The second-order valence-electron chi connectivity index (χ2n) is 5.71. The molecule has 0 atom stereocenters. The van der Waals surface area contributed by atoms with E-state index < -0.39 is 0 Å². The van der Waals surface area contributed by atoms with Gasteiger partial charge in [0.25, 0.3) is 5.56 Å². The van der Waals surface area contributed by atoms with Crippen LogP contribution in [-0.2, 0) is 17.2 Å². The first-order valence-electron chi connectivity index (χ1n) is 8.17. The number of fused-ring (bicyclic) bond motifs is 2. The standard InChI is InChI=1S/C18H17N5O2S/c1-25-11-10-22-16-9-5-4-8-15(16)19-18(22)26-12-23-17(24)13-6-2-3-7-14(13)20-21-23/h2-9H,10-12H2,1H3. The molecule has 132 valence electrons. The van der Waals surface area contributed by atoms with E-state index in [9.17, 15) is 4.79 Å². The minimum atomic E-state index is -0.150. The van der Waals surface area contributed by atoms with E-state index in [1.165, 1.54) is 16.4 Å². The number of thioether (sulfide) groups is 1. The summed E-state index contributed by atoms with van der Waals surface area (Å²) in [5.74, 6) is 0.340. The Morgan fingerprint density at radius 3 is 2.69 bits per heavy atom. The van der Waals surface area contributed by atoms with Crippen LogP contribution in [0.5, 0.6) is 0 Å². The van der Waals surface area contributed by atoms with Crippen molar-refractivity contribution in [2.75, 3.05) is 13.7 Å². The summed E-state index contributed by atoms with van der Waals surface area (Å²) >= 11 is 1.46. The van der Waals surface area contributed by atoms with Crippen LogP contribution in [0.3, 0.4) is 0 Å². The molecule has 0 fully saturated rings. The fourth-order valence-corrected chi connectivity index (χ4v) is 3.70. The normalized spacial score (nSPS) is 11.4. The zero-order valence-corrected chi connectivity index (χ0v) is 15.0. The highest BCUT2D eigenvalue weighted by atomic mass is 32.2. The van der Waals surface area contributed by atoms with Crippen LogP contribution in [0.25, 0.3) is 21.9 Å². The first kappa shape index (κ1) is 16.7. The third-order valence-electron chi connectivity index (χ3n) is 4.08. The SMILES string of the molecule is COCCn1c(SCn2nnc3ccccc3c2=O)nc2ccccc21. The molecule has 0 aliphatic carbocycles. The molecule has 0 N–H and O–H groups in total. The summed E-state index contributed by atoms with van der Waals surface area (Å²) in [4.78, 5) is 17.3. The van der Waals surface area contributed by atoms with Crippen molar-refractivity contribution in [1.29, 1.82) is 0 Å². The van der Waals surface area contributed by atoms with Gasteiger partial charge in [0.05, 0.1) is 28.9 Å². The molecule has 0 radical (unpaired) electrons. The van der Waals surface area contributed by atoms with Gasteiger partial charge in [-0.3, -0.25) is 4.79 Å². The van der Waals surface area contributed by atoms with E-state index in [2.05, 4.69) is 19.9 Å². The third kappa shape index (κ3) is 3.09. The fraction of sp³-hybridized carbons (Fsp3) is 0.222. The molecule has 7 nitrogen and oxygen atoms in total. The van der Waals surface area contributed by atoms with E-state index in [-0.39, 0.29) is 5.56 Å². The first-order chi connectivity index (χ1) is 12.8. The molecule has 8 heteroatoms. The van der Waals surface area contributed by atoms with E-state index >= 15 is 0 Å². The molecule has 2 heterocycles. The molecule has 0 aliphatic heterocycles. The van der Waals surface area contributed by atoms with Crippen LogP contribution in [0.15, 0.2) is 58.5 Å². The Hall–Kier alpha value is -2.71. The highest BCUT2D eigenvalue weighted by Gasteiger charge is 2.12. The lowest BCUT2D eigenvalue weighted by molar-refractivity contribution is 0.186. The van der Waals surface area contributed by atoms with Crippen molar-refractivity contribution in [2.45, 2.75) is 17.6 Å². The molecular weight excluding hydrogens is 350 g/mol. The third-order valence-corrected chi connectivity index (χ3v) is 5.03. The van der Waals surface area contributed by atoms with Crippen LogP contribution in [0.4, 0.5) is 0 Å². The quantitative estimate of drug-likeness (QED) is 0.488. The van der Waals surface area contributed by atoms with Crippen molar-refractivity contribution in [2.24, 2.45) is 0 Å². The highest BCUT2D eigenvalue weighted by molar-refractivity contribution is 7.98. The van der Waals surface area contributed by atoms with Crippen molar-refractivity contribution in [3.63, 3.8) is 0 Å². The molecule has 0 bridgehead atoms. The molecule has 2 aromatic carbocycles. The average Bonchev–Trinajstić information content (AvgIpc) is 3.03. The molecule has 26 heavy (non-hydrogen) atoms. The Labute approximate surface area is 153 Å². The van der Waals surface area contributed by atoms with Crippen LogP contribution in [-0.4, -0.2) is 38.3 Å². The Morgan fingerprint density at radius 2 is 1.85 bits per heavy atom. The van der Waals surface area contributed by atoms with Crippen LogP contribution in [0.1, 0.15) is 0 Å². The first-order valence-corrected chi connectivity index (χ1v) is 9.16. The van der Waals surface area contributed by atoms with E-state index in [0.29, 0.717) is 29.9 Å². The van der Waals surface area contributed by atoms with Crippen molar-refractivity contribution in [3.8, 4) is 0 Å². The van der Waals surface area contributed by atoms with Gasteiger partial charge in [-0.1, -0.05) is 41.2 Å². The molecule has 0 amide bonds. The topological polar surface area (TPSA) is 74.8 Å². The second kappa shape index (κ2) is 7.27. The summed E-state index contributed by atoms with van der Waals surface area (Å²) in [5.41, 5.74) is 2.42. The highest BCUT2D eigenvalue weighted by Crippen LogP contribution is 2.24. The van der Waals surface area contributed by atoms with Crippen molar-refractivity contribution in [3.05, 3.63) is 58.9 Å². The van der Waals surface area contributed by atoms with Gasteiger partial charge in [-0.25, -0.2) is 4.98 Å². The Bertz CT molecular complexity index is 1120. The number of aromatic nitrogens is 5. The zero-order valence-electron chi connectivity index (χ0n) is 14.2. The lowest BCUT2D eigenvalue weighted by Gasteiger charge is -2.08. The lowest BCUT2D eigenvalue weighted by atomic mass is 10.2. The van der Waals surface area contributed by atoms with Crippen LogP contribution >= 0.6 is 11.8 Å². The maximum Gasteiger partial charge on any atom is 0.278 e. The van der Waals surface area contributed by atoms with Gasteiger partial charge in [-0.15, -0.1) is 5.10 Å². The van der Waals surface area contributed by atoms with Gasteiger partial charge in [-0.05, 0) is 24.3 Å². The number of imidazole rings is 1. The number of benzene rings is 2. The maximum atomic E-state index is 12.6. The number of hydrogen-bond donors (Lipinski definition) is 0. The molecule has 0 saturated heterocycles. The summed E-state index contributed by atoms with van der Waals surface area (Å²) in [7, 11) is 1.68. The average molecular weight is 367 g/mol. The molecule has 0 unspecified atom stereocenters. The summed E-state index contributed by atoms with van der Waals surface area (Å²) < 4.78 is 8.68. The molecule has 0 aliphatic rings. The Kier molecular flexibility index (Phi) is 4.68. The van der Waals surface area contributed by atoms with Gasteiger partial charge in [0.1, 0.15) is 5.52 Å². The van der Waals surface area contributed by atoms with Gasteiger partial charge < -0.3 is 9.30 Å². The fourth-order valence-electron chi connectivity index (χ4n) is 2.79. The number of rotatable bonds is 6. The van der Waals surface area contributed by atoms with Gasteiger partial charge in [-0.2, -0.15) is 4.68 Å². The largest absolute Gasteiger partial charge is 0.383 e. The minimum Gasteiger partial charge on any atom is -0.383 e. The molecule has 4 aromatic rings. The molecular formula is C18H17N5O2S. The molecule has 0 spiro atoms. The van der Waals surface area contributed by atoms with Gasteiger partial charge >= 0.3 is 0 Å². The van der Waals surface area contributed by atoms with Gasteiger partial charge in [0, 0.05) is 13.7 Å². The lowest BCUT2D eigenvalue weighted by Crippen LogP contribution is -2.23. The summed E-state index contributed by atoms with van der Waals surface area (Å²) in [6.45, 7) is 1.28. The number of hydrogen-bond acceptors (Lipinski definition) is 6. The Morgan fingerprint density at radius 1 is 1.08 bits per heavy atom. The van der Waals surface area contributed by atoms with Crippen molar-refractivity contribution >= 4 is 33.7 Å². The van der Waals surface area contributed by atoms with Gasteiger partial charge in [0.15, 0.2) is 5.16 Å². The molecule has 2 aromatic heterocycles. The van der Waals surface area contributed by atoms with Crippen LogP contribution < -0.4 is 5.56 Å². The predicted molar refractivity (Wildman–Crippen MR) is 101 cm³/mol. The summed E-state index contributed by atoms with van der Waals surface area (Å²) in [6, 6.07) is 15.2. The number of methoxy groups -OCH3 is 1. The minimum absolute atomic E-state index is 0.150. The van der Waals surface area contributed by atoms with Crippen LogP contribution in [0, 0.1) is 0 Å². The Balaban J connectivity index is 1.66. The van der Waals surface area contributed by atoms with Gasteiger partial charge in [0.2, 0.25) is 0 Å². The van der Waals surface area contributed by atoms with E-state index in [1.807, 2.05) is 36.4 Å².